The molecule has 0 saturated carbocycles. The Labute approximate surface area is 53.7 Å². The minimum atomic E-state index is 0.671. The lowest BCUT2D eigenvalue weighted by Gasteiger charge is -1.92. The zero-order valence-corrected chi connectivity index (χ0v) is 5.31. The highest BCUT2D eigenvalue weighted by atomic mass is 14.8. The molecule has 1 aromatic rings. The lowest BCUT2D eigenvalue weighted by Crippen LogP contribution is -2.12. The number of nitrogens with one attached hydrogen (secondary N) is 1. The molecule has 1 rings (SSSR count). The van der Waals surface area contributed by atoms with E-state index in [0.29, 0.717) is 11.5 Å². The first-order valence-electron chi connectivity index (χ1n) is 2.73. The summed E-state index contributed by atoms with van der Waals surface area (Å²) in [6.07, 6.45) is 1.67. The van der Waals surface area contributed by atoms with Crippen LogP contribution in [0, 0.1) is 6.92 Å². The van der Waals surface area contributed by atoms with Crippen LogP contribution in [0.2, 0.25) is 0 Å². The monoisotopic (exact) mass is 124 g/mol. The van der Waals surface area contributed by atoms with Crippen molar-refractivity contribution in [1.29, 1.82) is 0 Å². The molecule has 0 amide bonds. The fraction of sp³-hybridized carbons (Fsp3) is 0.167. The first kappa shape index (κ1) is 5.88. The molecule has 0 aliphatic rings. The van der Waals surface area contributed by atoms with Crippen LogP contribution >= 0.6 is 0 Å². The van der Waals surface area contributed by atoms with Crippen molar-refractivity contribution in [2.45, 2.75) is 6.92 Å². The fourth-order valence-electron chi connectivity index (χ4n) is 0.644. The maximum Gasteiger partial charge on any atom is 0.273 e. The molecule has 48 valence electrons. The van der Waals surface area contributed by atoms with Gasteiger partial charge in [-0.3, -0.25) is 5.73 Å². The van der Waals surface area contributed by atoms with Crippen molar-refractivity contribution in [2.24, 2.45) is 0 Å². The molecule has 0 fully saturated rings. The number of nitrogen functional groups attached to an aromatic ring is 2. The highest BCUT2D eigenvalue weighted by Crippen LogP contribution is 2.05. The summed E-state index contributed by atoms with van der Waals surface area (Å²) in [5.41, 5.74) is 12.6. The first-order valence-corrected chi connectivity index (χ1v) is 2.73. The Morgan fingerprint density at radius 1 is 1.44 bits per heavy atom. The van der Waals surface area contributed by atoms with Gasteiger partial charge in [0.2, 0.25) is 0 Å². The van der Waals surface area contributed by atoms with Gasteiger partial charge in [0.15, 0.2) is 0 Å². The Morgan fingerprint density at radius 2 is 2.11 bits per heavy atom. The van der Waals surface area contributed by atoms with Gasteiger partial charge in [0.25, 0.3) is 5.82 Å². The van der Waals surface area contributed by atoms with Crippen molar-refractivity contribution >= 4 is 11.5 Å². The topological polar surface area (TPSA) is 66.2 Å². The molecule has 0 saturated heterocycles. The van der Waals surface area contributed by atoms with Gasteiger partial charge in [-0.25, -0.2) is 4.98 Å². The number of hydrogen-bond acceptors (Lipinski definition) is 2. The second-order valence-electron chi connectivity index (χ2n) is 2.03. The lowest BCUT2D eigenvalue weighted by molar-refractivity contribution is -0.359. The first-order chi connectivity index (χ1) is 4.20. The van der Waals surface area contributed by atoms with Crippen molar-refractivity contribution < 1.29 is 4.98 Å². The number of aromatic nitrogens is 1. The highest BCUT2D eigenvalue weighted by Gasteiger charge is 1.97. The van der Waals surface area contributed by atoms with Gasteiger partial charge < -0.3 is 5.73 Å². The molecule has 0 spiro atoms. The van der Waals surface area contributed by atoms with Gasteiger partial charge in [-0.1, -0.05) is 0 Å². The van der Waals surface area contributed by atoms with Gasteiger partial charge in [0, 0.05) is 5.56 Å². The number of rotatable bonds is 0. The fourth-order valence-corrected chi connectivity index (χ4v) is 0.644. The summed E-state index contributed by atoms with van der Waals surface area (Å²) in [7, 11) is 0. The van der Waals surface area contributed by atoms with E-state index in [1.165, 1.54) is 0 Å². The van der Waals surface area contributed by atoms with Gasteiger partial charge >= 0.3 is 0 Å². The van der Waals surface area contributed by atoms with Gasteiger partial charge in [-0.15, -0.1) is 0 Å². The van der Waals surface area contributed by atoms with E-state index in [9.17, 15) is 0 Å². The predicted octanol–water partition coefficient (Wildman–Crippen LogP) is -0.0265. The number of anilines is 2. The summed E-state index contributed by atoms with van der Waals surface area (Å²) < 4.78 is 0. The van der Waals surface area contributed by atoms with Crippen molar-refractivity contribution in [2.75, 3.05) is 11.5 Å². The molecule has 1 aromatic heterocycles. The Hall–Kier alpha value is -1.25. The molecule has 3 heteroatoms. The van der Waals surface area contributed by atoms with Crippen LogP contribution in [0.5, 0.6) is 0 Å². The van der Waals surface area contributed by atoms with Crippen LogP contribution in [0.3, 0.4) is 0 Å². The third-order valence-corrected chi connectivity index (χ3v) is 1.20. The number of aromatic amines is 1. The van der Waals surface area contributed by atoms with E-state index in [1.807, 2.05) is 13.0 Å². The summed E-state index contributed by atoms with van der Waals surface area (Å²) >= 11 is 0. The molecule has 0 bridgehead atoms. The Kier molecular flexibility index (Phi) is 1.26. The van der Waals surface area contributed by atoms with E-state index in [4.69, 9.17) is 11.5 Å². The van der Waals surface area contributed by atoms with Gasteiger partial charge in [0.05, 0.1) is 5.69 Å². The zero-order valence-electron chi connectivity index (χ0n) is 5.31. The molecule has 0 radical (unpaired) electrons. The molecule has 0 atom stereocenters. The predicted molar refractivity (Wildman–Crippen MR) is 36.6 cm³/mol. The number of H-pyrrole nitrogens is 1. The van der Waals surface area contributed by atoms with Gasteiger partial charge in [-0.2, -0.15) is 0 Å². The minimum Gasteiger partial charge on any atom is -0.396 e. The van der Waals surface area contributed by atoms with Crippen molar-refractivity contribution in [3.8, 4) is 0 Å². The normalized spacial score (nSPS) is 9.44. The second-order valence-corrected chi connectivity index (χ2v) is 2.03. The molecular weight excluding hydrogens is 114 g/mol. The molecule has 5 N–H and O–H groups in total. The van der Waals surface area contributed by atoms with Crippen LogP contribution in [-0.4, -0.2) is 0 Å². The maximum atomic E-state index is 5.48. The smallest absolute Gasteiger partial charge is 0.273 e. The average Bonchev–Trinajstić information content (AvgIpc) is 1.80. The van der Waals surface area contributed by atoms with Crippen molar-refractivity contribution in [1.82, 2.24) is 0 Å². The van der Waals surface area contributed by atoms with E-state index in [0.717, 1.165) is 5.56 Å². The Morgan fingerprint density at radius 3 is 2.56 bits per heavy atom. The van der Waals surface area contributed by atoms with E-state index in [2.05, 4.69) is 4.98 Å². The van der Waals surface area contributed by atoms with E-state index < -0.39 is 0 Å². The zero-order chi connectivity index (χ0) is 6.85. The van der Waals surface area contributed by atoms with Crippen LogP contribution in [0.1, 0.15) is 5.56 Å². The Bertz CT molecular complexity index is 220. The molecule has 0 aliphatic carbocycles. The molecule has 0 unspecified atom stereocenters. The van der Waals surface area contributed by atoms with Gasteiger partial charge in [-0.05, 0) is 13.0 Å². The summed E-state index contributed by atoms with van der Waals surface area (Å²) in [5, 5.41) is 0. The van der Waals surface area contributed by atoms with E-state index in [1.54, 1.807) is 6.20 Å². The molecule has 0 aromatic carbocycles. The van der Waals surface area contributed by atoms with Crippen molar-refractivity contribution in [3.63, 3.8) is 0 Å². The molecular formula is C6H10N3+. The average molecular weight is 124 g/mol. The lowest BCUT2D eigenvalue weighted by atomic mass is 10.3. The summed E-state index contributed by atoms with van der Waals surface area (Å²) in [6.45, 7) is 1.90. The number of nitrogens with two attached hydrogens (primary N) is 2. The van der Waals surface area contributed by atoms with Crippen LogP contribution in [0.4, 0.5) is 11.5 Å². The maximum absolute atomic E-state index is 5.48. The van der Waals surface area contributed by atoms with Crippen molar-refractivity contribution in [3.05, 3.63) is 17.8 Å². The molecule has 0 aliphatic heterocycles. The quantitative estimate of drug-likeness (QED) is 0.510. The summed E-state index contributed by atoms with van der Waals surface area (Å²) in [5.74, 6) is 0.671. The summed E-state index contributed by atoms with van der Waals surface area (Å²) in [6, 6.07) is 1.83. The standard InChI is InChI=1S/C6H9N3/c1-4-2-5(7)3-9-6(4)8/h2-3H,7H2,1H3,(H2,8,9)/p+1. The molecule has 9 heavy (non-hydrogen) atoms. The Balaban J connectivity index is 3.17. The summed E-state index contributed by atoms with van der Waals surface area (Å²) in [4.78, 5) is 2.82. The van der Waals surface area contributed by atoms with Crippen LogP contribution in [0.25, 0.3) is 0 Å². The van der Waals surface area contributed by atoms with Gasteiger partial charge in [0.1, 0.15) is 6.20 Å². The van der Waals surface area contributed by atoms with E-state index >= 15 is 0 Å². The SMILES string of the molecule is Cc1cc(N)c[nH+]c1N. The number of pyridine rings is 1. The molecule has 3 nitrogen and oxygen atoms in total. The third kappa shape index (κ3) is 1.10. The highest BCUT2D eigenvalue weighted by molar-refractivity contribution is 5.43. The molecule has 1 heterocycles. The third-order valence-electron chi connectivity index (χ3n) is 1.20. The second kappa shape index (κ2) is 1.93. The largest absolute Gasteiger partial charge is 0.396 e. The minimum absolute atomic E-state index is 0.671. The number of aryl methyl sites for hydroxylation is 1. The van der Waals surface area contributed by atoms with Crippen LogP contribution in [-0.2, 0) is 0 Å². The number of hydrogen-bond donors (Lipinski definition) is 2. The van der Waals surface area contributed by atoms with Crippen LogP contribution < -0.4 is 16.5 Å². The van der Waals surface area contributed by atoms with E-state index in [-0.39, 0.29) is 0 Å². The van der Waals surface area contributed by atoms with Crippen LogP contribution in [0.15, 0.2) is 12.3 Å².